The fraction of sp³-hybridized carbons (Fsp3) is 0.125. The molecule has 0 saturated heterocycles. The van der Waals surface area contributed by atoms with Gasteiger partial charge in [0.2, 0.25) is 0 Å². The van der Waals surface area contributed by atoms with Gasteiger partial charge in [-0.05, 0) is 53.1 Å². The Labute approximate surface area is 158 Å². The Hall–Kier alpha value is -3.53. The second-order valence-electron chi connectivity index (χ2n) is 7.85. The average molecular weight is 362 g/mol. The van der Waals surface area contributed by atoms with Crippen LogP contribution in [0.15, 0.2) is 47.3 Å². The molecule has 7 rings (SSSR count). The van der Waals surface area contributed by atoms with E-state index in [1.807, 2.05) is 24.3 Å². The summed E-state index contributed by atoms with van der Waals surface area (Å²) in [7, 11) is 0. The molecule has 2 aliphatic rings. The maximum absolute atomic E-state index is 13.5. The molecule has 0 radical (unpaired) electrons. The summed E-state index contributed by atoms with van der Waals surface area (Å²) in [5, 5.41) is 4.61. The van der Waals surface area contributed by atoms with Crippen LogP contribution in [0.4, 0.5) is 0 Å². The van der Waals surface area contributed by atoms with Gasteiger partial charge in [-0.2, -0.15) is 0 Å². The van der Waals surface area contributed by atoms with E-state index in [0.717, 1.165) is 45.6 Å². The molecule has 0 atom stereocenters. The predicted molar refractivity (Wildman–Crippen MR) is 110 cm³/mol. The first-order valence-corrected chi connectivity index (χ1v) is 9.58. The number of ketones is 1. The third-order valence-corrected chi connectivity index (χ3v) is 6.40. The predicted octanol–water partition coefficient (Wildman–Crippen LogP) is 2.88. The van der Waals surface area contributed by atoms with Gasteiger partial charge < -0.3 is 0 Å². The molecular weight excluding hydrogens is 348 g/mol. The van der Waals surface area contributed by atoms with Gasteiger partial charge in [0.05, 0.1) is 16.3 Å². The van der Waals surface area contributed by atoms with E-state index in [4.69, 9.17) is 4.98 Å². The van der Waals surface area contributed by atoms with Crippen molar-refractivity contribution in [2.45, 2.75) is 19.3 Å². The van der Waals surface area contributed by atoms with E-state index < -0.39 is 0 Å². The number of hydrogen-bond donors (Lipinski definition) is 0. The lowest BCUT2D eigenvalue weighted by Gasteiger charge is -2.16. The summed E-state index contributed by atoms with van der Waals surface area (Å²) in [5.41, 5.74) is 5.88. The van der Waals surface area contributed by atoms with Crippen molar-refractivity contribution in [2.75, 3.05) is 0 Å². The minimum Gasteiger partial charge on any atom is -0.294 e. The van der Waals surface area contributed by atoms with E-state index in [2.05, 4.69) is 18.2 Å². The van der Waals surface area contributed by atoms with Crippen molar-refractivity contribution >= 4 is 50.1 Å². The summed E-state index contributed by atoms with van der Waals surface area (Å²) in [5.74, 6) is -0.0218. The summed E-state index contributed by atoms with van der Waals surface area (Å²) in [6.07, 6.45) is 3.92. The summed E-state index contributed by atoms with van der Waals surface area (Å²) in [6, 6.07) is 14.3. The quantitative estimate of drug-likeness (QED) is 0.314. The molecule has 0 fully saturated rings. The highest BCUT2D eigenvalue weighted by atomic mass is 16.1. The standard InChI is InChI=1S/C24H14N2O2/c27-15-10-14-2-1-3-16-21(14)17(11-15)24(28)26-19-9-7-13-5-4-12-6-8-18(25-23(16)26)22(19)20(12)13/h1-3,6-9,11H,4-5,10H2. The van der Waals surface area contributed by atoms with Gasteiger partial charge in [0.1, 0.15) is 5.65 Å². The van der Waals surface area contributed by atoms with Gasteiger partial charge in [-0.15, -0.1) is 0 Å². The molecule has 0 bridgehead atoms. The largest absolute Gasteiger partial charge is 0.294 e. The molecule has 4 nitrogen and oxygen atoms in total. The Morgan fingerprint density at radius 3 is 2.50 bits per heavy atom. The van der Waals surface area contributed by atoms with Gasteiger partial charge in [0.25, 0.3) is 5.56 Å². The molecule has 2 aliphatic carbocycles. The topological polar surface area (TPSA) is 51.4 Å². The smallest absolute Gasteiger partial charge is 0.264 e. The van der Waals surface area contributed by atoms with Crippen molar-refractivity contribution in [2.24, 2.45) is 0 Å². The van der Waals surface area contributed by atoms with Crippen LogP contribution < -0.4 is 10.8 Å². The van der Waals surface area contributed by atoms with E-state index in [0.29, 0.717) is 17.3 Å². The van der Waals surface area contributed by atoms with Crippen LogP contribution in [-0.2, 0) is 24.1 Å². The number of aryl methyl sites for hydroxylation is 2. The number of fused-ring (bicyclic) bond motifs is 3. The number of aromatic nitrogens is 2. The van der Waals surface area contributed by atoms with Crippen LogP contribution in [0.25, 0.3) is 44.3 Å². The highest BCUT2D eigenvalue weighted by Crippen LogP contribution is 2.37. The first-order chi connectivity index (χ1) is 13.7. The SMILES string of the molecule is O=C1C=c2c(=O)n3c4ccc5c6c(ccc(nc3c3cccc(c23)C1)c64)CC5. The zero-order chi connectivity index (χ0) is 18.6. The fourth-order valence-corrected chi connectivity index (χ4v) is 5.25. The Kier molecular flexibility index (Phi) is 2.41. The maximum atomic E-state index is 13.5. The second kappa shape index (κ2) is 4.65. The van der Waals surface area contributed by atoms with Crippen LogP contribution in [0.1, 0.15) is 16.7 Å². The van der Waals surface area contributed by atoms with E-state index >= 15 is 0 Å². The van der Waals surface area contributed by atoms with Crippen molar-refractivity contribution in [1.29, 1.82) is 0 Å². The molecule has 0 aliphatic heterocycles. The van der Waals surface area contributed by atoms with Gasteiger partial charge in [-0.25, -0.2) is 4.98 Å². The Morgan fingerprint density at radius 1 is 0.821 bits per heavy atom. The lowest BCUT2D eigenvalue weighted by atomic mass is 9.94. The Balaban J connectivity index is 1.88. The van der Waals surface area contributed by atoms with Crippen molar-refractivity contribution < 1.29 is 4.79 Å². The van der Waals surface area contributed by atoms with Gasteiger partial charge in [-0.1, -0.05) is 30.3 Å². The first-order valence-electron chi connectivity index (χ1n) is 9.58. The first kappa shape index (κ1) is 14.5. The van der Waals surface area contributed by atoms with Gasteiger partial charge in [0, 0.05) is 22.6 Å². The van der Waals surface area contributed by atoms with Crippen molar-refractivity contribution in [3.63, 3.8) is 0 Å². The minimum atomic E-state index is -0.156. The van der Waals surface area contributed by atoms with Crippen molar-refractivity contribution in [3.8, 4) is 0 Å². The third-order valence-electron chi connectivity index (χ3n) is 6.40. The average Bonchev–Trinajstić information content (AvgIpc) is 3.14. The van der Waals surface area contributed by atoms with E-state index in [-0.39, 0.29) is 11.3 Å². The van der Waals surface area contributed by atoms with Crippen LogP contribution in [0, 0.1) is 0 Å². The van der Waals surface area contributed by atoms with Crippen LogP contribution in [0.2, 0.25) is 0 Å². The normalized spacial score (nSPS) is 15.2. The molecule has 4 heteroatoms. The molecule has 132 valence electrons. The summed E-state index contributed by atoms with van der Waals surface area (Å²) in [6.45, 7) is 0. The van der Waals surface area contributed by atoms with Crippen molar-refractivity contribution in [3.05, 3.63) is 74.7 Å². The monoisotopic (exact) mass is 362 g/mol. The zero-order valence-electron chi connectivity index (χ0n) is 15.0. The third kappa shape index (κ3) is 1.56. The number of rotatable bonds is 0. The lowest BCUT2D eigenvalue weighted by Crippen LogP contribution is -2.36. The number of Topliss-reactive ketones (excluding diaryl/α,β-unsaturated/α-hetero) is 1. The Morgan fingerprint density at radius 2 is 1.64 bits per heavy atom. The zero-order valence-corrected chi connectivity index (χ0v) is 15.0. The molecule has 3 aromatic carbocycles. The molecule has 0 N–H and O–H groups in total. The Bertz CT molecular complexity index is 1660. The molecule has 0 spiro atoms. The van der Waals surface area contributed by atoms with E-state index in [9.17, 15) is 9.59 Å². The molecule has 5 aromatic rings. The highest BCUT2D eigenvalue weighted by molar-refractivity contribution is 6.16. The summed E-state index contributed by atoms with van der Waals surface area (Å²) >= 11 is 0. The molecular formula is C24H14N2O2. The van der Waals surface area contributed by atoms with Crippen molar-refractivity contribution in [1.82, 2.24) is 9.38 Å². The summed E-state index contributed by atoms with van der Waals surface area (Å²) in [4.78, 5) is 30.7. The number of pyridine rings is 1. The van der Waals surface area contributed by atoms with Gasteiger partial charge >= 0.3 is 0 Å². The molecule has 0 unspecified atom stereocenters. The van der Waals surface area contributed by atoms with Crippen LogP contribution in [0.5, 0.6) is 0 Å². The van der Waals surface area contributed by atoms with Gasteiger partial charge in [-0.3, -0.25) is 14.0 Å². The molecule has 28 heavy (non-hydrogen) atoms. The number of hydrogen-bond acceptors (Lipinski definition) is 3. The van der Waals surface area contributed by atoms with E-state index in [1.54, 1.807) is 4.40 Å². The van der Waals surface area contributed by atoms with E-state index in [1.165, 1.54) is 22.6 Å². The minimum absolute atomic E-state index is 0.0218. The highest BCUT2D eigenvalue weighted by Gasteiger charge is 2.22. The van der Waals surface area contributed by atoms with Crippen LogP contribution in [-0.4, -0.2) is 15.2 Å². The summed E-state index contributed by atoms with van der Waals surface area (Å²) < 4.78 is 1.71. The van der Waals surface area contributed by atoms with Crippen LogP contribution >= 0.6 is 0 Å². The van der Waals surface area contributed by atoms with Gasteiger partial charge in [0.15, 0.2) is 5.78 Å². The second-order valence-corrected chi connectivity index (χ2v) is 7.85. The molecule has 2 heterocycles. The number of benzene rings is 3. The fourth-order valence-electron chi connectivity index (χ4n) is 5.25. The molecule has 2 aromatic heterocycles. The lowest BCUT2D eigenvalue weighted by molar-refractivity contribution is -0.112. The number of carbonyl (C=O) groups is 1. The van der Waals surface area contributed by atoms with Crippen LogP contribution in [0.3, 0.4) is 0 Å². The molecule has 0 saturated carbocycles. The number of carbonyl (C=O) groups excluding carboxylic acids is 1. The number of nitrogens with zero attached hydrogens (tertiary/aromatic N) is 2. The molecule has 0 amide bonds. The maximum Gasteiger partial charge on any atom is 0.264 e.